The van der Waals surface area contributed by atoms with Crippen molar-refractivity contribution in [1.82, 2.24) is 19.7 Å². The largest absolute Gasteiger partial charge is 0.325 e. The monoisotopic (exact) mass is 449 g/mol. The number of aromatic nitrogens is 3. The molecular formula is C23H23N5O3S. The van der Waals surface area contributed by atoms with Gasteiger partial charge in [-0.1, -0.05) is 35.4 Å². The Morgan fingerprint density at radius 2 is 1.47 bits per heavy atom. The fourth-order valence-electron chi connectivity index (χ4n) is 3.11. The lowest BCUT2D eigenvalue weighted by atomic mass is 10.2. The number of amides is 1. The molecule has 0 radical (unpaired) electrons. The Balaban J connectivity index is 1.48. The molecule has 2 N–H and O–H groups in total. The molecule has 9 heteroatoms. The molecule has 0 bridgehead atoms. The molecule has 1 atom stereocenters. The highest BCUT2D eigenvalue weighted by molar-refractivity contribution is 7.89. The number of carbonyl (C=O) groups is 1. The van der Waals surface area contributed by atoms with Gasteiger partial charge in [-0.25, -0.2) is 8.42 Å². The van der Waals surface area contributed by atoms with Gasteiger partial charge in [0.1, 0.15) is 11.0 Å². The molecule has 0 fully saturated rings. The first-order valence-electron chi connectivity index (χ1n) is 10.1. The molecule has 0 aliphatic rings. The van der Waals surface area contributed by atoms with Crippen LogP contribution in [0.2, 0.25) is 0 Å². The number of rotatable bonds is 6. The van der Waals surface area contributed by atoms with E-state index >= 15 is 0 Å². The summed E-state index contributed by atoms with van der Waals surface area (Å²) in [5, 5.41) is 11.7. The number of anilines is 1. The predicted molar refractivity (Wildman–Crippen MR) is 123 cm³/mol. The highest BCUT2D eigenvalue weighted by atomic mass is 32.2. The number of nitrogens with one attached hydrogen (secondary N) is 2. The maximum absolute atomic E-state index is 12.6. The topological polar surface area (TPSA) is 106 Å². The van der Waals surface area contributed by atoms with Gasteiger partial charge in [-0.3, -0.25) is 4.79 Å². The summed E-state index contributed by atoms with van der Waals surface area (Å²) in [5.41, 5.74) is 4.70. The molecule has 0 saturated carbocycles. The van der Waals surface area contributed by atoms with Crippen molar-refractivity contribution >= 4 is 32.7 Å². The standard InChI is InChI=1S/C23H23N5O3S/c1-15-4-9-19(10-5-15)28-25-21-13-8-18(14-22(21)26-28)24-23(29)17(3)27-32(30,31)20-11-6-16(2)7-12-20/h4-14,17,27H,1-3H3,(H,24,29). The minimum atomic E-state index is -3.82. The zero-order valence-electron chi connectivity index (χ0n) is 17.9. The zero-order valence-corrected chi connectivity index (χ0v) is 18.7. The molecule has 1 unspecified atom stereocenters. The molecule has 0 saturated heterocycles. The van der Waals surface area contributed by atoms with Crippen LogP contribution in [-0.2, 0) is 14.8 Å². The Morgan fingerprint density at radius 1 is 0.875 bits per heavy atom. The van der Waals surface area contributed by atoms with E-state index in [1.165, 1.54) is 23.9 Å². The van der Waals surface area contributed by atoms with Crippen LogP contribution in [0.4, 0.5) is 5.69 Å². The van der Waals surface area contributed by atoms with Gasteiger partial charge in [0.25, 0.3) is 0 Å². The average Bonchev–Trinajstić information content (AvgIpc) is 3.17. The Kier molecular flexibility index (Phi) is 5.77. The fourth-order valence-corrected chi connectivity index (χ4v) is 4.31. The third-order valence-electron chi connectivity index (χ3n) is 4.97. The lowest BCUT2D eigenvalue weighted by molar-refractivity contribution is -0.117. The Bertz CT molecular complexity index is 1380. The van der Waals surface area contributed by atoms with Crippen LogP contribution in [0.15, 0.2) is 71.6 Å². The Labute approximate surface area is 186 Å². The lowest BCUT2D eigenvalue weighted by Crippen LogP contribution is -2.41. The molecule has 8 nitrogen and oxygen atoms in total. The van der Waals surface area contributed by atoms with Crippen LogP contribution in [0.3, 0.4) is 0 Å². The maximum Gasteiger partial charge on any atom is 0.242 e. The van der Waals surface area contributed by atoms with Crippen molar-refractivity contribution in [1.29, 1.82) is 0 Å². The van der Waals surface area contributed by atoms with Crippen LogP contribution in [0.5, 0.6) is 0 Å². The van der Waals surface area contributed by atoms with E-state index in [-0.39, 0.29) is 4.90 Å². The summed E-state index contributed by atoms with van der Waals surface area (Å²) in [6.45, 7) is 5.37. The number of sulfonamides is 1. The van der Waals surface area contributed by atoms with Crippen LogP contribution in [0, 0.1) is 13.8 Å². The maximum atomic E-state index is 12.6. The van der Waals surface area contributed by atoms with Crippen molar-refractivity contribution in [3.8, 4) is 5.69 Å². The average molecular weight is 450 g/mol. The van der Waals surface area contributed by atoms with Crippen LogP contribution in [0.1, 0.15) is 18.1 Å². The van der Waals surface area contributed by atoms with Crippen LogP contribution < -0.4 is 10.0 Å². The number of hydrogen-bond acceptors (Lipinski definition) is 5. The van der Waals surface area contributed by atoms with Crippen LogP contribution in [-0.4, -0.2) is 35.4 Å². The summed E-state index contributed by atoms with van der Waals surface area (Å²) in [6.07, 6.45) is 0. The van der Waals surface area contributed by atoms with E-state index in [1.54, 1.807) is 30.3 Å². The van der Waals surface area contributed by atoms with Crippen LogP contribution >= 0.6 is 0 Å². The van der Waals surface area contributed by atoms with Crippen molar-refractivity contribution in [2.45, 2.75) is 31.7 Å². The number of hydrogen-bond donors (Lipinski definition) is 2. The third-order valence-corrected chi connectivity index (χ3v) is 6.53. The van der Waals surface area contributed by atoms with Gasteiger partial charge in [-0.2, -0.15) is 9.52 Å². The SMILES string of the molecule is Cc1ccc(-n2nc3ccc(NC(=O)C(C)NS(=O)(=O)c4ccc(C)cc4)cc3n2)cc1. The van der Waals surface area contributed by atoms with Crippen molar-refractivity contribution in [2.24, 2.45) is 0 Å². The Morgan fingerprint density at radius 3 is 2.12 bits per heavy atom. The summed E-state index contributed by atoms with van der Waals surface area (Å²) >= 11 is 0. The molecule has 3 aromatic carbocycles. The normalized spacial score (nSPS) is 12.6. The first kappa shape index (κ1) is 21.7. The fraction of sp³-hybridized carbons (Fsp3) is 0.174. The molecule has 0 spiro atoms. The first-order chi connectivity index (χ1) is 15.2. The van der Waals surface area contributed by atoms with Crippen molar-refractivity contribution < 1.29 is 13.2 Å². The second-order valence-electron chi connectivity index (χ2n) is 7.67. The number of benzene rings is 3. The summed E-state index contributed by atoms with van der Waals surface area (Å²) in [5.74, 6) is -0.481. The second-order valence-corrected chi connectivity index (χ2v) is 9.39. The molecule has 1 heterocycles. The summed E-state index contributed by atoms with van der Waals surface area (Å²) in [7, 11) is -3.82. The molecule has 0 aliphatic heterocycles. The van der Waals surface area contributed by atoms with Gasteiger partial charge in [0.2, 0.25) is 15.9 Å². The summed E-state index contributed by atoms with van der Waals surface area (Å²) in [4.78, 5) is 14.2. The summed E-state index contributed by atoms with van der Waals surface area (Å²) in [6, 6.07) is 18.4. The van der Waals surface area contributed by atoms with Gasteiger partial charge in [-0.05, 0) is 63.2 Å². The van der Waals surface area contributed by atoms with Gasteiger partial charge < -0.3 is 5.32 Å². The Hall–Kier alpha value is -3.56. The molecular weight excluding hydrogens is 426 g/mol. The molecule has 164 valence electrons. The minimum Gasteiger partial charge on any atom is -0.325 e. The number of nitrogens with zero attached hydrogens (tertiary/aromatic N) is 3. The van der Waals surface area contributed by atoms with Crippen molar-refractivity contribution in [2.75, 3.05) is 5.32 Å². The molecule has 1 aromatic heterocycles. The minimum absolute atomic E-state index is 0.108. The van der Waals surface area contributed by atoms with E-state index in [9.17, 15) is 13.2 Å². The highest BCUT2D eigenvalue weighted by Gasteiger charge is 2.22. The molecule has 0 aliphatic carbocycles. The van der Waals surface area contributed by atoms with Gasteiger partial charge in [0, 0.05) is 5.69 Å². The van der Waals surface area contributed by atoms with Gasteiger partial charge in [0.15, 0.2) is 0 Å². The number of carbonyl (C=O) groups excluding carboxylic acids is 1. The number of fused-ring (bicyclic) bond motifs is 1. The van der Waals surface area contributed by atoms with E-state index in [4.69, 9.17) is 0 Å². The van der Waals surface area contributed by atoms with E-state index in [0.717, 1.165) is 16.8 Å². The number of aryl methyl sites for hydroxylation is 2. The second kappa shape index (κ2) is 8.52. The summed E-state index contributed by atoms with van der Waals surface area (Å²) < 4.78 is 27.5. The van der Waals surface area contributed by atoms with E-state index < -0.39 is 22.0 Å². The quantitative estimate of drug-likeness (QED) is 0.470. The molecule has 4 aromatic rings. The van der Waals surface area contributed by atoms with Crippen molar-refractivity contribution in [3.05, 3.63) is 77.9 Å². The first-order valence-corrected chi connectivity index (χ1v) is 11.5. The third kappa shape index (κ3) is 4.68. The lowest BCUT2D eigenvalue weighted by Gasteiger charge is -2.14. The molecule has 32 heavy (non-hydrogen) atoms. The zero-order chi connectivity index (χ0) is 22.9. The van der Waals surface area contributed by atoms with Gasteiger partial charge in [0.05, 0.1) is 16.6 Å². The van der Waals surface area contributed by atoms with E-state index in [2.05, 4.69) is 20.2 Å². The molecule has 4 rings (SSSR count). The van der Waals surface area contributed by atoms with Crippen LogP contribution in [0.25, 0.3) is 16.7 Å². The van der Waals surface area contributed by atoms with E-state index in [0.29, 0.717) is 16.7 Å². The predicted octanol–water partition coefficient (Wildman–Crippen LogP) is 3.34. The van der Waals surface area contributed by atoms with Gasteiger partial charge >= 0.3 is 0 Å². The smallest absolute Gasteiger partial charge is 0.242 e. The van der Waals surface area contributed by atoms with Gasteiger partial charge in [-0.15, -0.1) is 10.2 Å². The molecule has 1 amide bonds. The van der Waals surface area contributed by atoms with E-state index in [1.807, 2.05) is 38.1 Å². The highest BCUT2D eigenvalue weighted by Crippen LogP contribution is 2.18. The van der Waals surface area contributed by atoms with Crippen molar-refractivity contribution in [3.63, 3.8) is 0 Å².